The molecule has 0 bridgehead atoms. The molecule has 1 spiro atoms. The third kappa shape index (κ3) is 4.38. The lowest BCUT2D eigenvalue weighted by atomic mass is 9.76. The zero-order chi connectivity index (χ0) is 24.1. The van der Waals surface area contributed by atoms with Crippen molar-refractivity contribution < 1.29 is 22.7 Å². The molecule has 0 aromatic heterocycles. The number of fused-ring (bicyclic) bond motifs is 2. The lowest BCUT2D eigenvalue weighted by molar-refractivity contribution is -0.128. The molecule has 9 heteroatoms. The van der Waals surface area contributed by atoms with Gasteiger partial charge in [-0.1, -0.05) is 15.9 Å². The van der Waals surface area contributed by atoms with Crippen LogP contribution < -0.4 is 4.74 Å². The highest BCUT2D eigenvalue weighted by molar-refractivity contribution is 9.09. The fourth-order valence-corrected chi connectivity index (χ4v) is 6.62. The monoisotopic (exact) mass is 529 g/mol. The SMILES string of the molecule is Cc1cc(C(=O)N2CCC3(CC2)C2C(Br)C=C(C(F)(F)F)N2CCN3C)ccc1OC(C)C. The van der Waals surface area contributed by atoms with Crippen molar-refractivity contribution in [3.8, 4) is 5.75 Å². The minimum atomic E-state index is -4.36. The Labute approximate surface area is 201 Å². The minimum absolute atomic E-state index is 0.0460. The van der Waals surface area contributed by atoms with Crippen molar-refractivity contribution in [1.29, 1.82) is 0 Å². The maximum atomic E-state index is 13.6. The van der Waals surface area contributed by atoms with Gasteiger partial charge in [0.2, 0.25) is 0 Å². The molecule has 1 aromatic carbocycles. The summed E-state index contributed by atoms with van der Waals surface area (Å²) in [6.07, 6.45) is -1.74. The second-order valence-electron chi connectivity index (χ2n) is 9.60. The zero-order valence-electron chi connectivity index (χ0n) is 19.5. The van der Waals surface area contributed by atoms with E-state index in [1.807, 2.05) is 44.9 Å². The van der Waals surface area contributed by atoms with Crippen LogP contribution >= 0.6 is 15.9 Å². The van der Waals surface area contributed by atoms with E-state index in [4.69, 9.17) is 4.74 Å². The Morgan fingerprint density at radius 2 is 1.85 bits per heavy atom. The summed E-state index contributed by atoms with van der Waals surface area (Å²) in [5.74, 6) is 0.718. The molecule has 33 heavy (non-hydrogen) atoms. The van der Waals surface area contributed by atoms with E-state index >= 15 is 0 Å². The molecule has 0 radical (unpaired) electrons. The van der Waals surface area contributed by atoms with Gasteiger partial charge in [0.05, 0.1) is 17.0 Å². The van der Waals surface area contributed by atoms with Crippen molar-refractivity contribution in [2.75, 3.05) is 33.2 Å². The Morgan fingerprint density at radius 1 is 1.18 bits per heavy atom. The number of ether oxygens (including phenoxy) is 1. The Morgan fingerprint density at radius 3 is 2.42 bits per heavy atom. The van der Waals surface area contributed by atoms with Crippen molar-refractivity contribution in [1.82, 2.24) is 14.7 Å². The molecule has 0 saturated carbocycles. The van der Waals surface area contributed by atoms with E-state index in [0.717, 1.165) is 11.3 Å². The number of aryl methyl sites for hydroxylation is 1. The Balaban J connectivity index is 1.50. The van der Waals surface area contributed by atoms with Crippen LogP contribution in [0.1, 0.15) is 42.6 Å². The molecule has 2 unspecified atom stereocenters. The summed E-state index contributed by atoms with van der Waals surface area (Å²) in [6.45, 7) is 7.78. The lowest BCUT2D eigenvalue weighted by Crippen LogP contribution is -2.70. The molecule has 3 aliphatic heterocycles. The average Bonchev–Trinajstić information content (AvgIpc) is 3.10. The molecule has 3 aliphatic rings. The Kier molecular flexibility index (Phi) is 6.50. The van der Waals surface area contributed by atoms with Crippen LogP contribution in [0.4, 0.5) is 13.2 Å². The molecule has 2 atom stereocenters. The third-order valence-corrected chi connectivity index (χ3v) is 8.01. The summed E-state index contributed by atoms with van der Waals surface area (Å²) < 4.78 is 46.7. The number of carbonyl (C=O) groups is 1. The smallest absolute Gasteiger partial charge is 0.430 e. The van der Waals surface area contributed by atoms with Gasteiger partial charge in [0.15, 0.2) is 0 Å². The largest absolute Gasteiger partial charge is 0.491 e. The highest BCUT2D eigenvalue weighted by atomic mass is 79.9. The van der Waals surface area contributed by atoms with Gasteiger partial charge in [0.25, 0.3) is 5.91 Å². The van der Waals surface area contributed by atoms with Crippen molar-refractivity contribution >= 4 is 21.8 Å². The molecule has 182 valence electrons. The maximum absolute atomic E-state index is 13.6. The molecule has 1 amide bonds. The Bertz CT molecular complexity index is 941. The summed E-state index contributed by atoms with van der Waals surface area (Å²) >= 11 is 3.53. The molecular formula is C24H31BrF3N3O2. The Hall–Kier alpha value is -1.74. The number of nitrogens with zero attached hydrogens (tertiary/aromatic N) is 3. The number of carbonyl (C=O) groups excluding carboxylic acids is 1. The van der Waals surface area contributed by atoms with E-state index in [1.165, 1.54) is 11.0 Å². The van der Waals surface area contributed by atoms with Crippen LogP contribution in [-0.4, -0.2) is 82.5 Å². The molecule has 4 rings (SSSR count). The summed E-state index contributed by atoms with van der Waals surface area (Å²) in [6, 6.07) is 5.17. The first-order valence-corrected chi connectivity index (χ1v) is 12.3. The van der Waals surface area contributed by atoms with E-state index in [9.17, 15) is 18.0 Å². The maximum Gasteiger partial charge on any atom is 0.430 e. The summed E-state index contributed by atoms with van der Waals surface area (Å²) in [5, 5.41) is 0. The second kappa shape index (κ2) is 8.80. The molecule has 5 nitrogen and oxygen atoms in total. The van der Waals surface area contributed by atoms with Crippen LogP contribution in [0, 0.1) is 6.92 Å². The van der Waals surface area contributed by atoms with Crippen molar-refractivity contribution in [2.45, 2.75) is 62.3 Å². The number of piperidine rings is 1. The van der Waals surface area contributed by atoms with Crippen LogP contribution in [0.15, 0.2) is 30.0 Å². The van der Waals surface area contributed by atoms with E-state index < -0.39 is 17.4 Å². The number of hydrogen-bond acceptors (Lipinski definition) is 4. The summed E-state index contributed by atoms with van der Waals surface area (Å²) in [4.78, 5) is 18.4. The number of allylic oxidation sites excluding steroid dienone is 1. The number of likely N-dealkylation sites (tertiary alicyclic amines) is 1. The first-order chi connectivity index (χ1) is 15.4. The van der Waals surface area contributed by atoms with Gasteiger partial charge in [-0.05, 0) is 70.5 Å². The van der Waals surface area contributed by atoms with Crippen molar-refractivity contribution in [3.05, 3.63) is 41.1 Å². The van der Waals surface area contributed by atoms with Crippen LogP contribution in [0.2, 0.25) is 0 Å². The zero-order valence-corrected chi connectivity index (χ0v) is 21.0. The van der Waals surface area contributed by atoms with E-state index in [2.05, 4.69) is 20.8 Å². The molecule has 0 N–H and O–H groups in total. The van der Waals surface area contributed by atoms with Gasteiger partial charge in [-0.25, -0.2) is 0 Å². The normalized spacial score (nSPS) is 25.4. The number of halogens is 4. The summed E-state index contributed by atoms with van der Waals surface area (Å²) in [5.41, 5.74) is 0.555. The highest BCUT2D eigenvalue weighted by Crippen LogP contribution is 2.48. The van der Waals surface area contributed by atoms with Crippen molar-refractivity contribution in [3.63, 3.8) is 0 Å². The van der Waals surface area contributed by atoms with E-state index in [1.54, 1.807) is 6.07 Å². The predicted molar refractivity (Wildman–Crippen MR) is 125 cm³/mol. The second-order valence-corrected chi connectivity index (χ2v) is 10.7. The van der Waals surface area contributed by atoms with Gasteiger partial charge in [-0.15, -0.1) is 0 Å². The number of alkyl halides is 4. The van der Waals surface area contributed by atoms with Gasteiger partial charge >= 0.3 is 6.18 Å². The number of rotatable bonds is 3. The van der Waals surface area contributed by atoms with Crippen LogP contribution in [-0.2, 0) is 0 Å². The molecule has 2 saturated heterocycles. The van der Waals surface area contributed by atoms with Gasteiger partial charge in [-0.3, -0.25) is 9.69 Å². The number of likely N-dealkylation sites (N-methyl/N-ethyl adjacent to an activating group) is 1. The third-order valence-electron chi connectivity index (χ3n) is 7.24. The highest BCUT2D eigenvalue weighted by Gasteiger charge is 2.58. The fourth-order valence-electron chi connectivity index (χ4n) is 5.59. The summed E-state index contributed by atoms with van der Waals surface area (Å²) in [7, 11) is 2.00. The van der Waals surface area contributed by atoms with Gasteiger partial charge in [-0.2, -0.15) is 13.2 Å². The van der Waals surface area contributed by atoms with E-state index in [-0.39, 0.29) is 22.9 Å². The van der Waals surface area contributed by atoms with Crippen LogP contribution in [0.5, 0.6) is 5.75 Å². The lowest BCUT2D eigenvalue weighted by Gasteiger charge is -2.58. The van der Waals surface area contributed by atoms with Gasteiger partial charge < -0.3 is 14.5 Å². The first-order valence-electron chi connectivity index (χ1n) is 11.4. The topological polar surface area (TPSA) is 36.0 Å². The van der Waals surface area contributed by atoms with Gasteiger partial charge in [0, 0.05) is 37.3 Å². The first kappa shape index (κ1) is 24.4. The van der Waals surface area contributed by atoms with Crippen LogP contribution in [0.3, 0.4) is 0 Å². The molecule has 3 heterocycles. The average molecular weight is 530 g/mol. The van der Waals surface area contributed by atoms with Gasteiger partial charge in [0.1, 0.15) is 11.4 Å². The van der Waals surface area contributed by atoms with E-state index in [0.29, 0.717) is 44.6 Å². The number of piperazine rings is 1. The van der Waals surface area contributed by atoms with Crippen molar-refractivity contribution in [2.24, 2.45) is 0 Å². The number of hydrogen-bond donors (Lipinski definition) is 0. The number of amides is 1. The van der Waals surface area contributed by atoms with Crippen LogP contribution in [0.25, 0.3) is 0 Å². The molecule has 1 aromatic rings. The molecule has 0 aliphatic carbocycles. The number of benzene rings is 1. The standard InChI is InChI=1S/C24H31BrF3N3O2/c1-15(2)33-19-6-5-17(13-16(19)3)22(32)30-9-7-23(8-10-30)21-18(25)14-20(24(26,27)28)31(21)12-11-29(23)4/h5-6,13-15,18,21H,7-12H2,1-4H3. The fraction of sp³-hybridized carbons (Fsp3) is 0.625. The molecular weight excluding hydrogens is 499 g/mol. The molecule has 2 fully saturated rings. The quantitative estimate of drug-likeness (QED) is 0.536. The predicted octanol–water partition coefficient (Wildman–Crippen LogP) is 4.60. The minimum Gasteiger partial charge on any atom is -0.491 e.